The number of pyridine rings is 1. The van der Waals surface area contributed by atoms with Gasteiger partial charge in [0.05, 0.1) is 37.9 Å². The van der Waals surface area contributed by atoms with Crippen molar-refractivity contribution in [2.75, 3.05) is 13.7 Å². The van der Waals surface area contributed by atoms with Gasteiger partial charge in [-0.05, 0) is 43.2 Å². The number of ether oxygens (including phenoxy) is 2. The Balaban J connectivity index is 1.64. The van der Waals surface area contributed by atoms with Gasteiger partial charge in [-0.15, -0.1) is 0 Å². The molecular weight excluding hydrogens is 398 g/mol. The molecule has 2 aromatic heterocycles. The van der Waals surface area contributed by atoms with Crippen LogP contribution in [0.3, 0.4) is 0 Å². The zero-order chi connectivity index (χ0) is 22.2. The zero-order valence-electron chi connectivity index (χ0n) is 17.6. The molecule has 0 aliphatic rings. The third-order valence-corrected chi connectivity index (χ3v) is 4.39. The molecule has 2 heterocycles. The van der Waals surface area contributed by atoms with Gasteiger partial charge in [-0.25, -0.2) is 15.4 Å². The molecule has 0 spiro atoms. The van der Waals surface area contributed by atoms with Crippen LogP contribution in [-0.4, -0.2) is 39.7 Å². The van der Waals surface area contributed by atoms with Crippen molar-refractivity contribution in [3.63, 3.8) is 0 Å². The molecule has 0 saturated carbocycles. The fraction of sp³-hybridized carbons (Fsp3) is 0.273. The van der Waals surface area contributed by atoms with E-state index in [0.717, 1.165) is 16.7 Å². The fourth-order valence-corrected chi connectivity index (χ4v) is 2.82. The Kier molecular flexibility index (Phi) is 7.47. The first-order chi connectivity index (χ1) is 15.0. The minimum Gasteiger partial charge on any atom is -0.497 e. The summed E-state index contributed by atoms with van der Waals surface area (Å²) in [5.74, 6) is 0.726. The van der Waals surface area contributed by atoms with Crippen LogP contribution in [0.5, 0.6) is 11.6 Å². The Bertz CT molecular complexity index is 1020. The Labute approximate surface area is 180 Å². The van der Waals surface area contributed by atoms with Gasteiger partial charge >= 0.3 is 0 Å². The Hall–Kier alpha value is -3.56. The number of hydrogen-bond donors (Lipinski definition) is 3. The van der Waals surface area contributed by atoms with E-state index in [-0.39, 0.29) is 5.69 Å². The number of carbonyl (C=O) groups is 1. The van der Waals surface area contributed by atoms with Gasteiger partial charge < -0.3 is 14.6 Å². The molecule has 3 rings (SSSR count). The average molecular weight is 423 g/mol. The van der Waals surface area contributed by atoms with Crippen LogP contribution in [0, 0.1) is 0 Å². The number of amides is 1. The standard InChI is InChI=1S/C22H25N5O4/c1-4-31-21-6-5-16(11-24-21)19-12-23-13-20(26-19)22(29)27-25-10-15-7-17(14(2)28)9-18(8-15)30-3/h5-9,11-14,25,28H,4,10H2,1-3H3,(H,27,29). The van der Waals surface area contributed by atoms with Crippen molar-refractivity contribution in [3.8, 4) is 22.9 Å². The van der Waals surface area contributed by atoms with Crippen molar-refractivity contribution >= 4 is 5.91 Å². The summed E-state index contributed by atoms with van der Waals surface area (Å²) >= 11 is 0. The van der Waals surface area contributed by atoms with E-state index in [4.69, 9.17) is 9.47 Å². The molecule has 1 atom stereocenters. The van der Waals surface area contributed by atoms with E-state index < -0.39 is 12.0 Å². The van der Waals surface area contributed by atoms with Gasteiger partial charge in [-0.1, -0.05) is 6.07 Å². The molecule has 9 heteroatoms. The van der Waals surface area contributed by atoms with Crippen LogP contribution in [0.4, 0.5) is 0 Å². The van der Waals surface area contributed by atoms with Crippen LogP contribution in [0.1, 0.15) is 41.6 Å². The molecule has 9 nitrogen and oxygen atoms in total. The first-order valence-corrected chi connectivity index (χ1v) is 9.80. The van der Waals surface area contributed by atoms with E-state index in [2.05, 4.69) is 25.8 Å². The molecule has 1 aromatic carbocycles. The smallest absolute Gasteiger partial charge is 0.285 e. The summed E-state index contributed by atoms with van der Waals surface area (Å²) < 4.78 is 10.6. The van der Waals surface area contributed by atoms with Crippen LogP contribution in [0.2, 0.25) is 0 Å². The highest BCUT2D eigenvalue weighted by atomic mass is 16.5. The minimum atomic E-state index is -0.626. The Morgan fingerprint density at radius 3 is 2.71 bits per heavy atom. The predicted molar refractivity (Wildman–Crippen MR) is 114 cm³/mol. The summed E-state index contributed by atoms with van der Waals surface area (Å²) in [7, 11) is 1.56. The third kappa shape index (κ3) is 5.97. The molecule has 3 N–H and O–H groups in total. The quantitative estimate of drug-likeness (QED) is 0.449. The van der Waals surface area contributed by atoms with E-state index in [9.17, 15) is 9.90 Å². The van der Waals surface area contributed by atoms with Crippen LogP contribution < -0.4 is 20.3 Å². The van der Waals surface area contributed by atoms with Crippen LogP contribution in [-0.2, 0) is 6.54 Å². The predicted octanol–water partition coefficient (Wildman–Crippen LogP) is 2.43. The lowest BCUT2D eigenvalue weighted by Gasteiger charge is -2.12. The molecule has 3 aromatic rings. The Morgan fingerprint density at radius 2 is 2.03 bits per heavy atom. The fourth-order valence-electron chi connectivity index (χ4n) is 2.82. The number of aromatic nitrogens is 3. The number of methoxy groups -OCH3 is 1. The molecule has 0 bridgehead atoms. The van der Waals surface area contributed by atoms with Gasteiger partial charge in [0.15, 0.2) is 0 Å². The first kappa shape index (κ1) is 22.1. The topological polar surface area (TPSA) is 118 Å². The van der Waals surface area contributed by atoms with Gasteiger partial charge in [0, 0.05) is 24.4 Å². The number of nitrogens with one attached hydrogen (secondary N) is 2. The lowest BCUT2D eigenvalue weighted by atomic mass is 10.1. The SMILES string of the molecule is CCOc1ccc(-c2cncc(C(=O)NNCc3cc(OC)cc(C(C)O)c3)n2)cn1. The second-order valence-corrected chi connectivity index (χ2v) is 6.71. The number of rotatable bonds is 9. The molecule has 1 unspecified atom stereocenters. The summed E-state index contributed by atoms with van der Waals surface area (Å²) in [4.78, 5) is 25.2. The second-order valence-electron chi connectivity index (χ2n) is 6.71. The Morgan fingerprint density at radius 1 is 1.19 bits per heavy atom. The first-order valence-electron chi connectivity index (χ1n) is 9.80. The van der Waals surface area contributed by atoms with E-state index in [1.54, 1.807) is 38.6 Å². The molecule has 0 aliphatic carbocycles. The van der Waals surface area contributed by atoms with E-state index in [1.807, 2.05) is 25.1 Å². The highest BCUT2D eigenvalue weighted by Gasteiger charge is 2.11. The summed E-state index contributed by atoms with van der Waals surface area (Å²) in [6.45, 7) is 4.43. The van der Waals surface area contributed by atoms with Crippen molar-refractivity contribution < 1.29 is 19.4 Å². The maximum Gasteiger partial charge on any atom is 0.285 e. The highest BCUT2D eigenvalue weighted by Crippen LogP contribution is 2.22. The molecule has 0 fully saturated rings. The number of benzene rings is 1. The maximum absolute atomic E-state index is 12.5. The van der Waals surface area contributed by atoms with Crippen LogP contribution in [0.15, 0.2) is 48.9 Å². The van der Waals surface area contributed by atoms with Gasteiger partial charge in [-0.2, -0.15) is 0 Å². The monoisotopic (exact) mass is 423 g/mol. The largest absolute Gasteiger partial charge is 0.497 e. The zero-order valence-corrected chi connectivity index (χ0v) is 17.6. The lowest BCUT2D eigenvalue weighted by molar-refractivity contribution is 0.0926. The summed E-state index contributed by atoms with van der Waals surface area (Å²) in [6, 6.07) is 8.98. The molecule has 1 amide bonds. The molecule has 0 aliphatic heterocycles. The molecule has 0 radical (unpaired) electrons. The van der Waals surface area contributed by atoms with Crippen molar-refractivity contribution in [3.05, 3.63) is 65.7 Å². The molecular formula is C22H25N5O4. The van der Waals surface area contributed by atoms with Gasteiger partial charge in [0.2, 0.25) is 5.88 Å². The van der Waals surface area contributed by atoms with Gasteiger partial charge in [0.1, 0.15) is 11.4 Å². The van der Waals surface area contributed by atoms with Crippen LogP contribution in [0.25, 0.3) is 11.3 Å². The van der Waals surface area contributed by atoms with Gasteiger partial charge in [-0.3, -0.25) is 15.2 Å². The molecule has 162 valence electrons. The van der Waals surface area contributed by atoms with Crippen LogP contribution >= 0.6 is 0 Å². The van der Waals surface area contributed by atoms with Crippen molar-refractivity contribution in [2.45, 2.75) is 26.5 Å². The van der Waals surface area contributed by atoms with Gasteiger partial charge in [0.25, 0.3) is 5.91 Å². The third-order valence-electron chi connectivity index (χ3n) is 4.39. The lowest BCUT2D eigenvalue weighted by Crippen LogP contribution is -2.37. The number of aliphatic hydroxyl groups excluding tert-OH is 1. The van der Waals surface area contributed by atoms with Crippen molar-refractivity contribution in [1.29, 1.82) is 0 Å². The number of hydrogen-bond acceptors (Lipinski definition) is 8. The van der Waals surface area contributed by atoms with E-state index >= 15 is 0 Å². The van der Waals surface area contributed by atoms with E-state index in [1.165, 1.54) is 6.20 Å². The second kappa shape index (κ2) is 10.5. The molecule has 0 saturated heterocycles. The van der Waals surface area contributed by atoms with Crippen molar-refractivity contribution in [2.24, 2.45) is 0 Å². The minimum absolute atomic E-state index is 0.161. The highest BCUT2D eigenvalue weighted by molar-refractivity contribution is 5.92. The number of hydrazine groups is 1. The normalized spacial score (nSPS) is 11.6. The number of aliphatic hydroxyl groups is 1. The average Bonchev–Trinajstić information content (AvgIpc) is 2.79. The van der Waals surface area contributed by atoms with E-state index in [0.29, 0.717) is 30.5 Å². The summed E-state index contributed by atoms with van der Waals surface area (Å²) in [5.41, 5.74) is 8.45. The summed E-state index contributed by atoms with van der Waals surface area (Å²) in [5, 5.41) is 9.82. The summed E-state index contributed by atoms with van der Waals surface area (Å²) in [6.07, 6.45) is 3.95. The molecule has 31 heavy (non-hydrogen) atoms. The van der Waals surface area contributed by atoms with Crippen molar-refractivity contribution in [1.82, 2.24) is 25.8 Å². The number of nitrogens with zero attached hydrogens (tertiary/aromatic N) is 3. The number of carbonyl (C=O) groups excluding carboxylic acids is 1. The maximum atomic E-state index is 12.5.